The normalized spacial score (nSPS) is 10.9. The van der Waals surface area contributed by atoms with E-state index >= 15 is 0 Å². The number of nitrogens with one attached hydrogen (secondary N) is 2. The smallest absolute Gasteiger partial charge is 0.259 e. The van der Waals surface area contributed by atoms with E-state index in [0.717, 1.165) is 33.3 Å². The highest BCUT2D eigenvalue weighted by Crippen LogP contribution is 2.26. The highest BCUT2D eigenvalue weighted by atomic mass is 32.1. The summed E-state index contributed by atoms with van der Waals surface area (Å²) in [6.07, 6.45) is 3.52. The molecule has 7 nitrogen and oxygen atoms in total. The molecule has 0 aliphatic rings. The standard InChI is InChI=1S/C23H21N5O2S/c1-30-20-11-9-18(10-12-20)24-15-22(29)26-25-14-17-16-28(19-6-3-2-4-7-19)27-23(17)21-8-5-13-31-21/h2-14,16,24H,15H2,1H3,(H,26,29)/b25-14+. The first-order valence-corrected chi connectivity index (χ1v) is 10.5. The number of thiophene rings is 1. The molecule has 2 aromatic heterocycles. The number of rotatable bonds is 8. The van der Waals surface area contributed by atoms with Crippen molar-refractivity contribution in [2.24, 2.45) is 5.10 Å². The van der Waals surface area contributed by atoms with Crippen LogP contribution in [0.4, 0.5) is 5.69 Å². The van der Waals surface area contributed by atoms with Gasteiger partial charge in [0.1, 0.15) is 11.4 Å². The molecule has 4 rings (SSSR count). The number of methoxy groups -OCH3 is 1. The zero-order valence-corrected chi connectivity index (χ0v) is 17.7. The number of carbonyl (C=O) groups excluding carboxylic acids is 1. The molecular weight excluding hydrogens is 410 g/mol. The molecule has 2 aromatic carbocycles. The number of ether oxygens (including phenoxy) is 1. The average molecular weight is 432 g/mol. The van der Waals surface area contributed by atoms with Crippen LogP contribution in [0.5, 0.6) is 5.75 Å². The quantitative estimate of drug-likeness (QED) is 0.324. The predicted molar refractivity (Wildman–Crippen MR) is 124 cm³/mol. The Morgan fingerprint density at radius 3 is 2.65 bits per heavy atom. The van der Waals surface area contributed by atoms with E-state index in [1.165, 1.54) is 0 Å². The second-order valence-electron chi connectivity index (χ2n) is 6.57. The van der Waals surface area contributed by atoms with Crippen LogP contribution in [-0.2, 0) is 4.79 Å². The van der Waals surface area contributed by atoms with Gasteiger partial charge in [-0.25, -0.2) is 10.1 Å². The first-order valence-electron chi connectivity index (χ1n) is 9.62. The SMILES string of the molecule is COc1ccc(NCC(=O)N/N=C/c2cn(-c3ccccc3)nc2-c2cccs2)cc1. The molecule has 2 heterocycles. The van der Waals surface area contributed by atoms with Gasteiger partial charge in [-0.1, -0.05) is 24.3 Å². The first kappa shape index (κ1) is 20.4. The van der Waals surface area contributed by atoms with Gasteiger partial charge in [0, 0.05) is 17.4 Å². The zero-order chi connectivity index (χ0) is 21.5. The van der Waals surface area contributed by atoms with Gasteiger partial charge >= 0.3 is 0 Å². The monoisotopic (exact) mass is 431 g/mol. The molecule has 2 N–H and O–H groups in total. The second-order valence-corrected chi connectivity index (χ2v) is 7.51. The fourth-order valence-electron chi connectivity index (χ4n) is 2.90. The third-order valence-electron chi connectivity index (χ3n) is 4.45. The number of aromatic nitrogens is 2. The molecule has 0 spiro atoms. The van der Waals surface area contributed by atoms with Gasteiger partial charge in [0.15, 0.2) is 0 Å². The summed E-state index contributed by atoms with van der Waals surface area (Å²) in [6, 6.07) is 21.2. The van der Waals surface area contributed by atoms with Gasteiger partial charge in [-0.05, 0) is 47.8 Å². The fourth-order valence-corrected chi connectivity index (χ4v) is 3.64. The molecular formula is C23H21N5O2S. The van der Waals surface area contributed by atoms with Crippen molar-refractivity contribution in [2.75, 3.05) is 19.0 Å². The van der Waals surface area contributed by atoms with Crippen LogP contribution in [0.3, 0.4) is 0 Å². The van der Waals surface area contributed by atoms with E-state index in [4.69, 9.17) is 9.84 Å². The van der Waals surface area contributed by atoms with E-state index < -0.39 is 0 Å². The average Bonchev–Trinajstić information content (AvgIpc) is 3.49. The van der Waals surface area contributed by atoms with Crippen LogP contribution in [-0.4, -0.2) is 35.6 Å². The van der Waals surface area contributed by atoms with Crippen molar-refractivity contribution in [1.29, 1.82) is 0 Å². The van der Waals surface area contributed by atoms with Gasteiger partial charge in [0.25, 0.3) is 5.91 Å². The molecule has 4 aromatic rings. The molecule has 0 atom stereocenters. The molecule has 31 heavy (non-hydrogen) atoms. The Hall–Kier alpha value is -3.91. The topological polar surface area (TPSA) is 80.5 Å². The largest absolute Gasteiger partial charge is 0.497 e. The van der Waals surface area contributed by atoms with Crippen LogP contribution in [0, 0.1) is 0 Å². The lowest BCUT2D eigenvalue weighted by Crippen LogP contribution is -2.25. The molecule has 0 fully saturated rings. The summed E-state index contributed by atoms with van der Waals surface area (Å²) in [6.45, 7) is 0.102. The molecule has 0 unspecified atom stereocenters. The second kappa shape index (κ2) is 9.73. The van der Waals surface area contributed by atoms with Gasteiger partial charge in [0.05, 0.1) is 30.4 Å². The Morgan fingerprint density at radius 2 is 1.94 bits per heavy atom. The number of hydrogen-bond acceptors (Lipinski definition) is 6. The third-order valence-corrected chi connectivity index (χ3v) is 5.33. The van der Waals surface area contributed by atoms with E-state index in [1.807, 2.05) is 83.0 Å². The maximum atomic E-state index is 12.1. The minimum absolute atomic E-state index is 0.102. The van der Waals surface area contributed by atoms with Crippen molar-refractivity contribution < 1.29 is 9.53 Å². The van der Waals surface area contributed by atoms with E-state index in [9.17, 15) is 4.79 Å². The molecule has 0 aliphatic heterocycles. The lowest BCUT2D eigenvalue weighted by molar-refractivity contribution is -0.119. The highest BCUT2D eigenvalue weighted by molar-refractivity contribution is 7.13. The van der Waals surface area contributed by atoms with Gasteiger partial charge in [0.2, 0.25) is 0 Å². The highest BCUT2D eigenvalue weighted by Gasteiger charge is 2.12. The van der Waals surface area contributed by atoms with Gasteiger partial charge in [-0.3, -0.25) is 4.79 Å². The summed E-state index contributed by atoms with van der Waals surface area (Å²) >= 11 is 1.60. The van der Waals surface area contributed by atoms with Crippen LogP contribution in [0.15, 0.2) is 83.4 Å². The van der Waals surface area contributed by atoms with E-state index in [2.05, 4.69) is 15.8 Å². The zero-order valence-electron chi connectivity index (χ0n) is 16.9. The predicted octanol–water partition coefficient (Wildman–Crippen LogP) is 4.17. The molecule has 156 valence electrons. The van der Waals surface area contributed by atoms with Gasteiger partial charge in [-0.2, -0.15) is 10.2 Å². The van der Waals surface area contributed by atoms with Gasteiger partial charge < -0.3 is 10.1 Å². The molecule has 0 bridgehead atoms. The summed E-state index contributed by atoms with van der Waals surface area (Å²) in [5.41, 5.74) is 5.96. The summed E-state index contributed by atoms with van der Waals surface area (Å²) in [5, 5.41) is 13.9. The van der Waals surface area contributed by atoms with E-state index in [-0.39, 0.29) is 12.5 Å². The van der Waals surface area contributed by atoms with Crippen LogP contribution in [0.1, 0.15) is 5.56 Å². The van der Waals surface area contributed by atoms with Crippen molar-refractivity contribution >= 4 is 29.1 Å². The minimum atomic E-state index is -0.250. The van der Waals surface area contributed by atoms with Crippen LogP contribution in [0.25, 0.3) is 16.3 Å². The summed E-state index contributed by atoms with van der Waals surface area (Å²) in [7, 11) is 1.61. The number of nitrogens with zero attached hydrogens (tertiary/aromatic N) is 3. The van der Waals surface area contributed by atoms with Crippen molar-refractivity contribution in [3.05, 3.63) is 83.9 Å². The van der Waals surface area contributed by atoms with Crippen LogP contribution in [0.2, 0.25) is 0 Å². The van der Waals surface area contributed by atoms with Crippen LogP contribution < -0.4 is 15.5 Å². The van der Waals surface area contributed by atoms with Gasteiger partial charge in [-0.15, -0.1) is 11.3 Å². The number of benzene rings is 2. The lowest BCUT2D eigenvalue weighted by atomic mass is 10.2. The number of anilines is 1. The first-order chi connectivity index (χ1) is 15.2. The Bertz CT molecular complexity index is 1150. The number of carbonyl (C=O) groups is 1. The Labute approximate surface area is 184 Å². The molecule has 0 aliphatic carbocycles. The lowest BCUT2D eigenvalue weighted by Gasteiger charge is -2.06. The maximum absolute atomic E-state index is 12.1. The molecule has 1 amide bonds. The Morgan fingerprint density at radius 1 is 1.13 bits per heavy atom. The van der Waals surface area contributed by atoms with Crippen molar-refractivity contribution in [1.82, 2.24) is 15.2 Å². The fraction of sp³-hybridized carbons (Fsp3) is 0.0870. The number of para-hydroxylation sites is 1. The molecule has 0 saturated heterocycles. The van der Waals surface area contributed by atoms with E-state index in [0.29, 0.717) is 0 Å². The molecule has 0 saturated carbocycles. The van der Waals surface area contributed by atoms with E-state index in [1.54, 1.807) is 24.7 Å². The molecule has 0 radical (unpaired) electrons. The molecule has 8 heteroatoms. The van der Waals surface area contributed by atoms with Crippen molar-refractivity contribution in [2.45, 2.75) is 0 Å². The Kier molecular flexibility index (Phi) is 6.39. The summed E-state index contributed by atoms with van der Waals surface area (Å²) in [5.74, 6) is 0.511. The Balaban J connectivity index is 1.42. The third kappa shape index (κ3) is 5.18. The van der Waals surface area contributed by atoms with Crippen LogP contribution >= 0.6 is 11.3 Å². The number of hydrazone groups is 1. The number of hydrogen-bond donors (Lipinski definition) is 2. The summed E-state index contributed by atoms with van der Waals surface area (Å²) < 4.78 is 6.93. The van der Waals surface area contributed by atoms with Crippen molar-refractivity contribution in [3.8, 4) is 22.0 Å². The number of amides is 1. The summed E-state index contributed by atoms with van der Waals surface area (Å²) in [4.78, 5) is 13.2. The minimum Gasteiger partial charge on any atom is -0.497 e. The van der Waals surface area contributed by atoms with Crippen molar-refractivity contribution in [3.63, 3.8) is 0 Å². The maximum Gasteiger partial charge on any atom is 0.259 e.